The number of aromatic nitrogens is 2. The topological polar surface area (TPSA) is 218 Å². The van der Waals surface area contributed by atoms with Crippen LogP contribution in [0.25, 0.3) is 0 Å². The van der Waals surface area contributed by atoms with E-state index in [0.717, 1.165) is 16.8 Å². The van der Waals surface area contributed by atoms with Gasteiger partial charge in [0.05, 0.1) is 6.61 Å². The summed E-state index contributed by atoms with van der Waals surface area (Å²) in [5.74, 6) is 0. The first-order chi connectivity index (χ1) is 13.3. The van der Waals surface area contributed by atoms with Crippen molar-refractivity contribution >= 4 is 15.6 Å². The van der Waals surface area contributed by atoms with Crippen LogP contribution in [-0.4, -0.2) is 58.9 Å². The first kappa shape index (κ1) is 24.1. The molecule has 0 aliphatic carbocycles. The standard InChI is InChI=1S/C13H22N2O12P2/c1-2-3-5-13(7-25-29(23,24)27-28(20,21)22)10(18)9(17)11(26-13)15-6-4-8(16)14-12(15)19/h4,6,9-11,17-18H,2-3,5,7H2,1H3,(H,23,24)(H,14,16,19)(H2,20,21,22). The summed E-state index contributed by atoms with van der Waals surface area (Å²) in [6.07, 6.45) is -2.87. The predicted molar refractivity (Wildman–Crippen MR) is 94.6 cm³/mol. The van der Waals surface area contributed by atoms with Crippen LogP contribution in [0.2, 0.25) is 0 Å². The third-order valence-electron chi connectivity index (χ3n) is 4.27. The summed E-state index contributed by atoms with van der Waals surface area (Å²) in [6.45, 7) is 0.900. The smallest absolute Gasteiger partial charge is 0.387 e. The van der Waals surface area contributed by atoms with Gasteiger partial charge in [0.15, 0.2) is 6.23 Å². The molecule has 0 amide bonds. The van der Waals surface area contributed by atoms with E-state index in [2.05, 4.69) is 8.83 Å². The van der Waals surface area contributed by atoms with Crippen LogP contribution in [0.1, 0.15) is 32.4 Å². The molecule has 0 aromatic carbocycles. The molecule has 1 fully saturated rings. The Labute approximate surface area is 163 Å². The first-order valence-corrected chi connectivity index (χ1v) is 11.4. The van der Waals surface area contributed by atoms with Crippen molar-refractivity contribution in [2.75, 3.05) is 6.61 Å². The van der Waals surface area contributed by atoms with E-state index >= 15 is 0 Å². The van der Waals surface area contributed by atoms with E-state index in [1.54, 1.807) is 6.92 Å². The van der Waals surface area contributed by atoms with Crippen LogP contribution in [0.4, 0.5) is 0 Å². The highest BCUT2D eigenvalue weighted by atomic mass is 31.3. The van der Waals surface area contributed by atoms with Crippen LogP contribution in [0, 0.1) is 0 Å². The number of phosphoric ester groups is 1. The Balaban J connectivity index is 2.32. The fourth-order valence-corrected chi connectivity index (χ4v) is 4.56. The van der Waals surface area contributed by atoms with Gasteiger partial charge in [-0.3, -0.25) is 18.9 Å². The van der Waals surface area contributed by atoms with Gasteiger partial charge in [-0.15, -0.1) is 0 Å². The maximum absolute atomic E-state index is 12.0. The van der Waals surface area contributed by atoms with Gasteiger partial charge in [-0.25, -0.2) is 13.9 Å². The predicted octanol–water partition coefficient (Wildman–Crippen LogP) is -1.06. The number of phosphoric acid groups is 2. The van der Waals surface area contributed by atoms with Crippen LogP contribution >= 0.6 is 15.6 Å². The van der Waals surface area contributed by atoms with Gasteiger partial charge in [0.1, 0.15) is 17.8 Å². The molecule has 1 aromatic heterocycles. The van der Waals surface area contributed by atoms with Crippen molar-refractivity contribution in [3.8, 4) is 0 Å². The fraction of sp³-hybridized carbons (Fsp3) is 0.692. The van der Waals surface area contributed by atoms with Crippen LogP contribution in [0.5, 0.6) is 0 Å². The molecule has 29 heavy (non-hydrogen) atoms. The minimum absolute atomic E-state index is 0.00770. The molecule has 0 bridgehead atoms. The zero-order valence-electron chi connectivity index (χ0n) is 15.2. The second kappa shape index (κ2) is 8.90. The Morgan fingerprint density at radius 2 is 1.93 bits per heavy atom. The number of aromatic amines is 1. The molecular weight excluding hydrogens is 438 g/mol. The third kappa shape index (κ3) is 5.92. The van der Waals surface area contributed by atoms with E-state index in [9.17, 15) is 33.8 Å². The number of hydrogen-bond acceptors (Lipinski definition) is 9. The van der Waals surface area contributed by atoms with Gasteiger partial charge >= 0.3 is 21.3 Å². The van der Waals surface area contributed by atoms with Gasteiger partial charge in [0.2, 0.25) is 0 Å². The van der Waals surface area contributed by atoms with Crippen LogP contribution < -0.4 is 11.2 Å². The molecule has 6 N–H and O–H groups in total. The Kier molecular flexibility index (Phi) is 7.39. The molecule has 166 valence electrons. The van der Waals surface area contributed by atoms with Crippen LogP contribution in [0.3, 0.4) is 0 Å². The largest absolute Gasteiger partial charge is 0.481 e. The molecule has 1 aliphatic heterocycles. The Hall–Kier alpha value is -1.18. The average Bonchev–Trinajstić information content (AvgIpc) is 2.82. The van der Waals surface area contributed by atoms with Crippen molar-refractivity contribution in [3.63, 3.8) is 0 Å². The molecular formula is C13H22N2O12P2. The van der Waals surface area contributed by atoms with E-state index in [0.29, 0.717) is 12.8 Å². The lowest BCUT2D eigenvalue weighted by Crippen LogP contribution is -2.46. The lowest BCUT2D eigenvalue weighted by molar-refractivity contribution is -0.131. The third-order valence-corrected chi connectivity index (χ3v) is 6.40. The Bertz CT molecular complexity index is 925. The molecule has 2 rings (SSSR count). The van der Waals surface area contributed by atoms with E-state index in [4.69, 9.17) is 14.5 Å². The van der Waals surface area contributed by atoms with Crippen molar-refractivity contribution in [2.24, 2.45) is 0 Å². The van der Waals surface area contributed by atoms with Crippen molar-refractivity contribution in [1.29, 1.82) is 0 Å². The lowest BCUT2D eigenvalue weighted by atomic mass is 9.90. The van der Waals surface area contributed by atoms with Crippen LogP contribution in [0.15, 0.2) is 21.9 Å². The van der Waals surface area contributed by atoms with Crippen molar-refractivity contribution in [2.45, 2.75) is 50.2 Å². The van der Waals surface area contributed by atoms with Gasteiger partial charge in [0, 0.05) is 12.3 Å². The van der Waals surface area contributed by atoms with E-state index in [1.807, 2.05) is 4.98 Å². The number of hydrogen-bond donors (Lipinski definition) is 6. The highest BCUT2D eigenvalue weighted by molar-refractivity contribution is 7.60. The highest BCUT2D eigenvalue weighted by Crippen LogP contribution is 2.58. The first-order valence-electron chi connectivity index (χ1n) is 8.40. The second-order valence-corrected chi connectivity index (χ2v) is 9.27. The normalized spacial score (nSPS) is 29.7. The number of H-pyrrole nitrogens is 1. The summed E-state index contributed by atoms with van der Waals surface area (Å²) in [5.41, 5.74) is -3.44. The summed E-state index contributed by atoms with van der Waals surface area (Å²) in [6, 6.07) is 0.988. The average molecular weight is 460 g/mol. The van der Waals surface area contributed by atoms with Crippen LogP contribution in [-0.2, 0) is 22.7 Å². The summed E-state index contributed by atoms with van der Waals surface area (Å²) in [5, 5.41) is 20.9. The molecule has 14 nitrogen and oxygen atoms in total. The Morgan fingerprint density at radius 3 is 2.48 bits per heavy atom. The van der Waals surface area contributed by atoms with E-state index in [1.165, 1.54) is 0 Å². The number of aliphatic hydroxyl groups excluding tert-OH is 2. The molecule has 0 saturated carbocycles. The Morgan fingerprint density at radius 1 is 1.28 bits per heavy atom. The summed E-state index contributed by atoms with van der Waals surface area (Å²) in [7, 11) is -10.6. The van der Waals surface area contributed by atoms with Gasteiger partial charge in [-0.1, -0.05) is 19.8 Å². The zero-order chi connectivity index (χ0) is 22.0. The number of unbranched alkanes of at least 4 members (excludes halogenated alkanes) is 1. The molecule has 0 spiro atoms. The molecule has 2 heterocycles. The summed E-state index contributed by atoms with van der Waals surface area (Å²) in [4.78, 5) is 52.0. The minimum Gasteiger partial charge on any atom is -0.387 e. The van der Waals surface area contributed by atoms with Gasteiger partial charge in [0.25, 0.3) is 5.56 Å². The maximum Gasteiger partial charge on any atom is 0.481 e. The van der Waals surface area contributed by atoms with E-state index in [-0.39, 0.29) is 6.42 Å². The quantitative estimate of drug-likeness (QED) is 0.243. The monoisotopic (exact) mass is 460 g/mol. The van der Waals surface area contributed by atoms with Crippen molar-refractivity contribution in [3.05, 3.63) is 33.1 Å². The van der Waals surface area contributed by atoms with Gasteiger partial charge in [-0.05, 0) is 6.42 Å². The second-order valence-electron chi connectivity index (χ2n) is 6.44. The number of ether oxygens (including phenoxy) is 1. The molecule has 1 aromatic rings. The number of nitrogens with zero attached hydrogens (tertiary/aromatic N) is 1. The SMILES string of the molecule is CCCCC1(COP(=O)(O)OP(=O)(O)O)OC(n2ccc(=O)[nH]c2=O)C(O)C1O. The highest BCUT2D eigenvalue weighted by Gasteiger charge is 2.55. The van der Waals surface area contributed by atoms with Crippen molar-refractivity contribution in [1.82, 2.24) is 9.55 Å². The summed E-state index contributed by atoms with van der Waals surface area (Å²) >= 11 is 0. The molecule has 1 saturated heterocycles. The van der Waals surface area contributed by atoms with Crippen molar-refractivity contribution < 1.29 is 47.6 Å². The molecule has 5 unspecified atom stereocenters. The molecule has 0 radical (unpaired) electrons. The number of aliphatic hydroxyl groups is 2. The summed E-state index contributed by atoms with van der Waals surface area (Å²) < 4.78 is 37.3. The maximum atomic E-state index is 12.0. The lowest BCUT2D eigenvalue weighted by Gasteiger charge is -2.32. The zero-order valence-corrected chi connectivity index (χ0v) is 16.9. The number of nitrogens with one attached hydrogen (secondary N) is 1. The van der Waals surface area contributed by atoms with E-state index < -0.39 is 57.5 Å². The molecule has 1 aliphatic rings. The fourth-order valence-electron chi connectivity index (χ4n) is 2.92. The van der Waals surface area contributed by atoms with Gasteiger partial charge < -0.3 is 29.6 Å². The molecule has 5 atom stereocenters. The number of rotatable bonds is 9. The molecule has 16 heteroatoms. The minimum atomic E-state index is -5.36. The van der Waals surface area contributed by atoms with Gasteiger partial charge in [-0.2, -0.15) is 4.31 Å².